The van der Waals surface area contributed by atoms with Gasteiger partial charge in [-0.05, 0) is 29.8 Å². The van der Waals surface area contributed by atoms with E-state index in [1.54, 1.807) is 18.8 Å². The van der Waals surface area contributed by atoms with E-state index < -0.39 is 0 Å². The van der Waals surface area contributed by atoms with Crippen molar-refractivity contribution in [3.05, 3.63) is 71.3 Å². The summed E-state index contributed by atoms with van der Waals surface area (Å²) in [4.78, 5) is 4.31. The highest BCUT2D eigenvalue weighted by Crippen LogP contribution is 2.19. The highest BCUT2D eigenvalue weighted by Gasteiger charge is 2.04. The minimum absolute atomic E-state index is 0.695. The van der Waals surface area contributed by atoms with Crippen molar-refractivity contribution in [1.29, 1.82) is 5.26 Å². The molecule has 0 bridgehead atoms. The zero-order valence-electron chi connectivity index (χ0n) is 10.6. The Bertz CT molecular complexity index is 612. The molecule has 0 aromatic heterocycles. The Hall–Kier alpha value is -2.05. The van der Waals surface area contributed by atoms with Gasteiger partial charge in [0.2, 0.25) is 0 Å². The van der Waals surface area contributed by atoms with E-state index in [1.807, 2.05) is 48.5 Å². The molecular formula is C16H13N2S. The predicted octanol–water partition coefficient (Wildman–Crippen LogP) is 3.67. The SMILES string of the molecule is CN=C(SCc1cccc(C#N)c1)c1c[c]ccc1. The maximum Gasteiger partial charge on any atom is 0.0991 e. The summed E-state index contributed by atoms with van der Waals surface area (Å²) in [5.74, 6) is 0.803. The quantitative estimate of drug-likeness (QED) is 0.627. The molecule has 0 spiro atoms. The van der Waals surface area contributed by atoms with Gasteiger partial charge in [0.1, 0.15) is 0 Å². The first-order chi connectivity index (χ1) is 9.33. The lowest BCUT2D eigenvalue weighted by Gasteiger charge is -2.06. The third kappa shape index (κ3) is 3.70. The Morgan fingerprint density at radius 2 is 2.26 bits per heavy atom. The average molecular weight is 265 g/mol. The third-order valence-corrected chi connectivity index (χ3v) is 3.76. The Labute approximate surface area is 117 Å². The highest BCUT2D eigenvalue weighted by molar-refractivity contribution is 8.13. The maximum atomic E-state index is 8.88. The smallest absolute Gasteiger partial charge is 0.0991 e. The second-order valence-corrected chi connectivity index (χ2v) is 4.89. The topological polar surface area (TPSA) is 36.1 Å². The fraction of sp³-hybridized carbons (Fsp3) is 0.125. The van der Waals surface area contributed by atoms with Crippen LogP contribution in [-0.2, 0) is 5.75 Å². The number of nitrogens with zero attached hydrogens (tertiary/aromatic N) is 2. The van der Waals surface area contributed by atoms with Crippen LogP contribution in [0.15, 0.2) is 53.5 Å². The van der Waals surface area contributed by atoms with E-state index in [4.69, 9.17) is 5.26 Å². The van der Waals surface area contributed by atoms with Crippen molar-refractivity contribution in [2.24, 2.45) is 4.99 Å². The van der Waals surface area contributed by atoms with E-state index in [2.05, 4.69) is 17.1 Å². The van der Waals surface area contributed by atoms with Gasteiger partial charge in [0, 0.05) is 18.4 Å². The van der Waals surface area contributed by atoms with Crippen LogP contribution in [-0.4, -0.2) is 12.1 Å². The second kappa shape index (κ2) is 6.77. The van der Waals surface area contributed by atoms with Crippen LogP contribution < -0.4 is 0 Å². The lowest BCUT2D eigenvalue weighted by Crippen LogP contribution is -1.96. The molecule has 93 valence electrons. The number of rotatable bonds is 3. The molecule has 0 aliphatic carbocycles. The predicted molar refractivity (Wildman–Crippen MR) is 80.2 cm³/mol. The fourth-order valence-electron chi connectivity index (χ4n) is 1.69. The van der Waals surface area contributed by atoms with Gasteiger partial charge < -0.3 is 0 Å². The van der Waals surface area contributed by atoms with Crippen molar-refractivity contribution in [2.75, 3.05) is 7.05 Å². The number of nitriles is 1. The number of aliphatic imine (C=N–C) groups is 1. The van der Waals surface area contributed by atoms with Gasteiger partial charge in [0.25, 0.3) is 0 Å². The summed E-state index contributed by atoms with van der Waals surface area (Å²) < 4.78 is 0. The summed E-state index contributed by atoms with van der Waals surface area (Å²) in [6.07, 6.45) is 0. The molecule has 0 heterocycles. The molecule has 0 N–H and O–H groups in total. The molecule has 0 fully saturated rings. The minimum atomic E-state index is 0.695. The first kappa shape index (κ1) is 13.4. The normalized spacial score (nSPS) is 11.1. The van der Waals surface area contributed by atoms with Crippen LogP contribution >= 0.6 is 11.8 Å². The van der Waals surface area contributed by atoms with Gasteiger partial charge in [-0.15, -0.1) is 11.8 Å². The zero-order valence-corrected chi connectivity index (χ0v) is 11.4. The molecule has 0 saturated carbocycles. The van der Waals surface area contributed by atoms with Crippen molar-refractivity contribution in [3.63, 3.8) is 0 Å². The molecule has 2 nitrogen and oxygen atoms in total. The van der Waals surface area contributed by atoms with Gasteiger partial charge in [0.05, 0.1) is 16.7 Å². The molecule has 2 aromatic rings. The molecule has 0 aliphatic rings. The Balaban J connectivity index is 2.07. The van der Waals surface area contributed by atoms with Crippen molar-refractivity contribution < 1.29 is 0 Å². The first-order valence-corrected chi connectivity index (χ1v) is 6.87. The molecule has 0 aliphatic heterocycles. The highest BCUT2D eigenvalue weighted by atomic mass is 32.2. The lowest BCUT2D eigenvalue weighted by atomic mass is 10.2. The van der Waals surface area contributed by atoms with Crippen LogP contribution in [0.5, 0.6) is 0 Å². The average Bonchev–Trinajstić information content (AvgIpc) is 2.49. The summed E-state index contributed by atoms with van der Waals surface area (Å²) in [6.45, 7) is 0. The summed E-state index contributed by atoms with van der Waals surface area (Å²) in [5, 5.41) is 9.86. The Morgan fingerprint density at radius 3 is 2.95 bits per heavy atom. The summed E-state index contributed by atoms with van der Waals surface area (Å²) in [7, 11) is 1.79. The molecule has 0 atom stereocenters. The van der Waals surface area contributed by atoms with Crippen LogP contribution in [0.1, 0.15) is 16.7 Å². The summed E-state index contributed by atoms with van der Waals surface area (Å²) in [5.41, 5.74) is 2.90. The minimum Gasteiger partial charge on any atom is -0.281 e. The summed E-state index contributed by atoms with van der Waals surface area (Å²) >= 11 is 1.67. The van der Waals surface area contributed by atoms with Crippen LogP contribution in [0, 0.1) is 17.4 Å². The third-order valence-electron chi connectivity index (χ3n) is 2.59. The van der Waals surface area contributed by atoms with E-state index in [0.29, 0.717) is 5.56 Å². The zero-order chi connectivity index (χ0) is 13.5. The van der Waals surface area contributed by atoms with E-state index in [9.17, 15) is 0 Å². The number of hydrogen-bond donors (Lipinski definition) is 0. The van der Waals surface area contributed by atoms with Gasteiger partial charge in [-0.2, -0.15) is 5.26 Å². The number of hydrogen-bond acceptors (Lipinski definition) is 3. The monoisotopic (exact) mass is 265 g/mol. The maximum absolute atomic E-state index is 8.88. The standard InChI is InChI=1S/C16H13N2S/c1-18-16(15-8-3-2-4-9-15)19-12-14-7-5-6-13(10-14)11-17/h2-3,5-10H,12H2,1H3. The molecule has 0 amide bonds. The van der Waals surface area contributed by atoms with Crippen molar-refractivity contribution in [1.82, 2.24) is 0 Å². The Kier molecular flexibility index (Phi) is 4.77. The van der Waals surface area contributed by atoms with E-state index in [0.717, 1.165) is 21.9 Å². The van der Waals surface area contributed by atoms with E-state index in [1.165, 1.54) is 0 Å². The van der Waals surface area contributed by atoms with Crippen LogP contribution in [0.25, 0.3) is 0 Å². The van der Waals surface area contributed by atoms with Crippen LogP contribution in [0.3, 0.4) is 0 Å². The number of benzene rings is 2. The molecule has 3 heteroatoms. The van der Waals surface area contributed by atoms with Crippen molar-refractivity contribution in [2.45, 2.75) is 5.75 Å². The van der Waals surface area contributed by atoms with Gasteiger partial charge >= 0.3 is 0 Å². The molecule has 2 aromatic carbocycles. The first-order valence-electron chi connectivity index (χ1n) is 5.88. The largest absolute Gasteiger partial charge is 0.281 e. The van der Waals surface area contributed by atoms with Gasteiger partial charge in [-0.1, -0.05) is 30.3 Å². The molecule has 2 rings (SSSR count). The van der Waals surface area contributed by atoms with Crippen LogP contribution in [0.2, 0.25) is 0 Å². The van der Waals surface area contributed by atoms with E-state index >= 15 is 0 Å². The summed E-state index contributed by atoms with van der Waals surface area (Å²) in [6, 6.07) is 20.7. The van der Waals surface area contributed by atoms with Gasteiger partial charge in [-0.25, -0.2) is 0 Å². The Morgan fingerprint density at radius 1 is 1.37 bits per heavy atom. The molecule has 0 saturated heterocycles. The molecule has 19 heavy (non-hydrogen) atoms. The molecule has 0 unspecified atom stereocenters. The molecular weight excluding hydrogens is 252 g/mol. The van der Waals surface area contributed by atoms with Gasteiger partial charge in [0.15, 0.2) is 0 Å². The lowest BCUT2D eigenvalue weighted by molar-refractivity contribution is 1.39. The second-order valence-electron chi connectivity index (χ2n) is 3.92. The van der Waals surface area contributed by atoms with Crippen LogP contribution in [0.4, 0.5) is 0 Å². The number of thioether (sulfide) groups is 1. The molecule has 1 radical (unpaired) electrons. The fourth-order valence-corrected chi connectivity index (χ4v) is 2.59. The van der Waals surface area contributed by atoms with Crippen molar-refractivity contribution in [3.8, 4) is 6.07 Å². The van der Waals surface area contributed by atoms with Crippen molar-refractivity contribution >= 4 is 16.8 Å². The van der Waals surface area contributed by atoms with Gasteiger partial charge in [-0.3, -0.25) is 4.99 Å². The van der Waals surface area contributed by atoms with E-state index in [-0.39, 0.29) is 0 Å².